The number of aromatic nitrogens is 2. The number of nitrogens with two attached hydrogens (primary N) is 1. The molecule has 0 saturated carbocycles. The number of H-pyrrole nitrogens is 1. The lowest BCUT2D eigenvalue weighted by molar-refractivity contribution is -0.121. The Labute approximate surface area is 130 Å². The Morgan fingerprint density at radius 1 is 1.41 bits per heavy atom. The summed E-state index contributed by atoms with van der Waals surface area (Å²) in [5, 5.41) is 8.65. The fraction of sp³-hybridized carbons (Fsp3) is 0.214. The number of carbonyl (C=O) groups is 1. The Morgan fingerprint density at radius 3 is 2.73 bits per heavy atom. The van der Waals surface area contributed by atoms with Crippen LogP contribution in [-0.4, -0.2) is 22.6 Å². The first-order chi connectivity index (χ1) is 10.5. The molecule has 1 aromatic carbocycles. The van der Waals surface area contributed by atoms with Gasteiger partial charge in [-0.3, -0.25) is 9.59 Å². The van der Waals surface area contributed by atoms with Gasteiger partial charge < -0.3 is 11.1 Å². The molecule has 0 fully saturated rings. The molecule has 0 spiro atoms. The quantitative estimate of drug-likeness (QED) is 0.746. The fourth-order valence-electron chi connectivity index (χ4n) is 1.92. The van der Waals surface area contributed by atoms with Crippen LogP contribution in [0.25, 0.3) is 0 Å². The van der Waals surface area contributed by atoms with Crippen molar-refractivity contribution in [3.8, 4) is 0 Å². The number of nitrogens with zero attached hydrogens (tertiary/aromatic N) is 1. The second-order valence-corrected chi connectivity index (χ2v) is 5.12. The number of benzene rings is 1. The molecular weight excluding hydrogens is 311 g/mol. The van der Waals surface area contributed by atoms with E-state index in [1.54, 1.807) is 12.1 Å². The van der Waals surface area contributed by atoms with E-state index in [1.165, 1.54) is 18.3 Å². The highest BCUT2D eigenvalue weighted by molar-refractivity contribution is 6.32. The number of hydrogen-bond acceptors (Lipinski definition) is 4. The predicted octanol–water partition coefficient (Wildman–Crippen LogP) is 1.32. The maximum Gasteiger partial charge on any atom is 0.285 e. The molecule has 1 aromatic heterocycles. The normalized spacial score (nSPS) is 11.9. The number of carbonyl (C=O) groups excluding carboxylic acids is 1. The van der Waals surface area contributed by atoms with Crippen molar-refractivity contribution in [1.29, 1.82) is 0 Å². The molecule has 22 heavy (non-hydrogen) atoms. The monoisotopic (exact) mass is 324 g/mol. The van der Waals surface area contributed by atoms with E-state index in [2.05, 4.69) is 15.5 Å². The maximum atomic E-state index is 12.9. The largest absolute Gasteiger partial charge is 0.382 e. The van der Waals surface area contributed by atoms with E-state index in [9.17, 15) is 14.0 Å². The Morgan fingerprint density at radius 2 is 2.09 bits per heavy atom. The van der Waals surface area contributed by atoms with Gasteiger partial charge in [-0.1, -0.05) is 23.7 Å². The van der Waals surface area contributed by atoms with Gasteiger partial charge in [-0.2, -0.15) is 5.10 Å². The van der Waals surface area contributed by atoms with Crippen LogP contribution < -0.4 is 16.6 Å². The number of rotatable bonds is 6. The minimum Gasteiger partial charge on any atom is -0.382 e. The van der Waals surface area contributed by atoms with Crippen molar-refractivity contribution in [2.45, 2.75) is 6.42 Å². The van der Waals surface area contributed by atoms with Crippen molar-refractivity contribution in [1.82, 2.24) is 10.2 Å². The first kappa shape index (κ1) is 16.0. The highest BCUT2D eigenvalue weighted by atomic mass is 35.5. The number of anilines is 1. The zero-order valence-corrected chi connectivity index (χ0v) is 12.2. The minimum absolute atomic E-state index is 0.0417. The zero-order chi connectivity index (χ0) is 16.1. The van der Waals surface area contributed by atoms with Crippen molar-refractivity contribution in [3.05, 3.63) is 57.2 Å². The van der Waals surface area contributed by atoms with Crippen LogP contribution >= 0.6 is 11.6 Å². The SMILES string of the molecule is NC(=O)C(CNc1cn[nH]c(=O)c1Cl)Cc1ccc(F)cc1. The van der Waals surface area contributed by atoms with Gasteiger partial charge in [0.2, 0.25) is 5.91 Å². The van der Waals surface area contributed by atoms with Crippen LogP contribution in [0.1, 0.15) is 5.56 Å². The van der Waals surface area contributed by atoms with Crippen molar-refractivity contribution in [2.75, 3.05) is 11.9 Å². The number of nitrogens with one attached hydrogen (secondary N) is 2. The lowest BCUT2D eigenvalue weighted by Crippen LogP contribution is -2.31. The van der Waals surface area contributed by atoms with Crippen LogP contribution in [0.2, 0.25) is 5.02 Å². The summed E-state index contributed by atoms with van der Waals surface area (Å²) >= 11 is 5.83. The molecule has 0 aliphatic carbocycles. The van der Waals surface area contributed by atoms with Gasteiger partial charge in [-0.05, 0) is 24.1 Å². The van der Waals surface area contributed by atoms with Gasteiger partial charge in [-0.25, -0.2) is 9.49 Å². The van der Waals surface area contributed by atoms with Crippen LogP contribution in [-0.2, 0) is 11.2 Å². The Kier molecular flexibility index (Phi) is 5.11. The molecule has 1 amide bonds. The van der Waals surface area contributed by atoms with Crippen LogP contribution in [0.3, 0.4) is 0 Å². The van der Waals surface area contributed by atoms with Gasteiger partial charge >= 0.3 is 0 Å². The molecule has 6 nitrogen and oxygen atoms in total. The Bertz CT molecular complexity index is 718. The van der Waals surface area contributed by atoms with Crippen molar-refractivity contribution >= 4 is 23.2 Å². The summed E-state index contributed by atoms with van der Waals surface area (Å²) in [6.45, 7) is 0.178. The third kappa shape index (κ3) is 4.05. The van der Waals surface area contributed by atoms with Gasteiger partial charge in [0.05, 0.1) is 17.8 Å². The minimum atomic E-state index is -0.541. The molecule has 2 rings (SSSR count). The lowest BCUT2D eigenvalue weighted by atomic mass is 9.98. The van der Waals surface area contributed by atoms with Crippen LogP contribution in [0.15, 0.2) is 35.3 Å². The van der Waals surface area contributed by atoms with E-state index < -0.39 is 17.4 Å². The van der Waals surface area contributed by atoms with Crippen molar-refractivity contribution in [2.24, 2.45) is 11.7 Å². The summed E-state index contributed by atoms with van der Waals surface area (Å²) in [6.07, 6.45) is 1.69. The van der Waals surface area contributed by atoms with E-state index in [0.29, 0.717) is 12.1 Å². The highest BCUT2D eigenvalue weighted by Gasteiger charge is 2.17. The second kappa shape index (κ2) is 7.04. The fourth-order valence-corrected chi connectivity index (χ4v) is 2.08. The smallest absolute Gasteiger partial charge is 0.285 e. The molecule has 1 heterocycles. The van der Waals surface area contributed by atoms with E-state index in [4.69, 9.17) is 17.3 Å². The molecule has 116 valence electrons. The molecule has 0 saturated heterocycles. The number of halogens is 2. The molecule has 2 aromatic rings. The number of primary amides is 1. The third-order valence-corrected chi connectivity index (χ3v) is 3.51. The van der Waals surface area contributed by atoms with Gasteiger partial charge in [0.15, 0.2) is 0 Å². The van der Waals surface area contributed by atoms with Gasteiger partial charge in [-0.15, -0.1) is 0 Å². The van der Waals surface area contributed by atoms with Crippen molar-refractivity contribution < 1.29 is 9.18 Å². The number of aromatic amines is 1. The van der Waals surface area contributed by atoms with E-state index in [1.807, 2.05) is 0 Å². The molecule has 0 radical (unpaired) electrons. The van der Waals surface area contributed by atoms with E-state index in [-0.39, 0.29) is 17.4 Å². The van der Waals surface area contributed by atoms with Gasteiger partial charge in [0.1, 0.15) is 10.8 Å². The van der Waals surface area contributed by atoms with Crippen LogP contribution in [0.5, 0.6) is 0 Å². The topological polar surface area (TPSA) is 101 Å². The second-order valence-electron chi connectivity index (χ2n) is 4.74. The lowest BCUT2D eigenvalue weighted by Gasteiger charge is -2.15. The maximum absolute atomic E-state index is 12.9. The first-order valence-electron chi connectivity index (χ1n) is 6.48. The van der Waals surface area contributed by atoms with E-state index >= 15 is 0 Å². The third-order valence-electron chi connectivity index (χ3n) is 3.13. The molecule has 4 N–H and O–H groups in total. The van der Waals surface area contributed by atoms with E-state index in [0.717, 1.165) is 5.56 Å². The van der Waals surface area contributed by atoms with Crippen LogP contribution in [0.4, 0.5) is 10.1 Å². The average Bonchev–Trinajstić information content (AvgIpc) is 2.49. The molecule has 0 aliphatic rings. The summed E-state index contributed by atoms with van der Waals surface area (Å²) in [5.74, 6) is -1.40. The standard InChI is InChI=1S/C14H14ClFN4O2/c15-12-11(7-19-20-14(12)22)18-6-9(13(17)21)5-8-1-3-10(16)4-2-8/h1-4,7,9H,5-6H2,(H2,17,21)(H2,18,20,22). The zero-order valence-electron chi connectivity index (χ0n) is 11.5. The van der Waals surface area contributed by atoms with Crippen LogP contribution in [0, 0.1) is 11.7 Å². The molecular formula is C14H14ClFN4O2. The average molecular weight is 325 g/mol. The molecule has 1 atom stereocenters. The Hall–Kier alpha value is -2.41. The van der Waals surface area contributed by atoms with Gasteiger partial charge in [0, 0.05) is 6.54 Å². The summed E-state index contributed by atoms with van der Waals surface area (Å²) in [6, 6.07) is 5.82. The molecule has 0 aliphatic heterocycles. The molecule has 1 unspecified atom stereocenters. The molecule has 8 heteroatoms. The predicted molar refractivity (Wildman–Crippen MR) is 81.1 cm³/mol. The number of hydrogen-bond donors (Lipinski definition) is 3. The number of amides is 1. The first-order valence-corrected chi connectivity index (χ1v) is 6.86. The van der Waals surface area contributed by atoms with Crippen molar-refractivity contribution in [3.63, 3.8) is 0 Å². The Balaban J connectivity index is 2.06. The summed E-state index contributed by atoms with van der Waals surface area (Å²) in [4.78, 5) is 22.9. The van der Waals surface area contributed by atoms with Gasteiger partial charge in [0.25, 0.3) is 5.56 Å². The molecule has 0 bridgehead atoms. The summed E-state index contributed by atoms with van der Waals surface area (Å²) in [5.41, 5.74) is 5.95. The highest BCUT2D eigenvalue weighted by Crippen LogP contribution is 2.16. The summed E-state index contributed by atoms with van der Waals surface area (Å²) < 4.78 is 12.9. The summed E-state index contributed by atoms with van der Waals surface area (Å²) in [7, 11) is 0.